The first-order valence-electron chi connectivity index (χ1n) is 7.20. The average molecular weight is 301 g/mol. The highest BCUT2D eigenvalue weighted by Crippen LogP contribution is 2.29. The zero-order valence-electron chi connectivity index (χ0n) is 12.7. The van der Waals surface area contributed by atoms with Gasteiger partial charge >= 0.3 is 5.97 Å². The van der Waals surface area contributed by atoms with E-state index in [4.69, 9.17) is 14.2 Å². The number of carbonyl (C=O) groups is 1. The van der Waals surface area contributed by atoms with E-state index in [1.54, 1.807) is 37.5 Å². The van der Waals surface area contributed by atoms with Gasteiger partial charge in [-0.25, -0.2) is 4.79 Å². The van der Waals surface area contributed by atoms with Crippen molar-refractivity contribution < 1.29 is 19.0 Å². The molecule has 5 nitrogen and oxygen atoms in total. The topological polar surface area (TPSA) is 57.7 Å². The maximum atomic E-state index is 11.8. The van der Waals surface area contributed by atoms with Crippen LogP contribution in [0.2, 0.25) is 0 Å². The largest absolute Gasteiger partial charge is 0.490 e. The Bertz CT molecular complexity index is 613. The van der Waals surface area contributed by atoms with Crippen molar-refractivity contribution in [3.05, 3.63) is 53.9 Å². The summed E-state index contributed by atoms with van der Waals surface area (Å²) in [6, 6.07) is 8.80. The number of rotatable bonds is 7. The second-order valence-electron chi connectivity index (χ2n) is 4.46. The summed E-state index contributed by atoms with van der Waals surface area (Å²) in [7, 11) is 0. The van der Waals surface area contributed by atoms with Crippen LogP contribution in [0.25, 0.3) is 0 Å². The second kappa shape index (κ2) is 8.02. The van der Waals surface area contributed by atoms with Crippen molar-refractivity contribution in [2.75, 3.05) is 13.2 Å². The Morgan fingerprint density at radius 1 is 1.09 bits per heavy atom. The Kier molecular flexibility index (Phi) is 5.77. The molecule has 1 heterocycles. The molecule has 0 aliphatic rings. The van der Waals surface area contributed by atoms with Gasteiger partial charge in [0, 0.05) is 18.0 Å². The van der Waals surface area contributed by atoms with Crippen molar-refractivity contribution in [2.24, 2.45) is 0 Å². The molecule has 0 saturated heterocycles. The standard InChI is InChI=1S/C17H19NO4/c1-3-20-16-10-14(17(19)21-4-2)7-8-15(16)22-12-13-6-5-9-18-11-13/h5-11H,3-4,12H2,1-2H3. The molecule has 0 unspecified atom stereocenters. The van der Waals surface area contributed by atoms with Crippen LogP contribution < -0.4 is 9.47 Å². The van der Waals surface area contributed by atoms with Crippen molar-refractivity contribution in [3.63, 3.8) is 0 Å². The molecule has 0 radical (unpaired) electrons. The van der Waals surface area contributed by atoms with E-state index in [0.717, 1.165) is 5.56 Å². The van der Waals surface area contributed by atoms with E-state index < -0.39 is 0 Å². The monoisotopic (exact) mass is 301 g/mol. The van der Waals surface area contributed by atoms with Crippen LogP contribution in [0.1, 0.15) is 29.8 Å². The first kappa shape index (κ1) is 15.8. The zero-order valence-corrected chi connectivity index (χ0v) is 12.7. The number of nitrogens with zero attached hydrogens (tertiary/aromatic N) is 1. The molecule has 5 heteroatoms. The fraction of sp³-hybridized carbons (Fsp3) is 0.294. The van der Waals surface area contributed by atoms with Gasteiger partial charge in [-0.1, -0.05) is 6.07 Å². The van der Waals surface area contributed by atoms with E-state index in [-0.39, 0.29) is 5.97 Å². The van der Waals surface area contributed by atoms with Crippen LogP contribution >= 0.6 is 0 Å². The molecule has 2 aromatic rings. The number of carbonyl (C=O) groups excluding carboxylic acids is 1. The number of pyridine rings is 1. The minimum absolute atomic E-state index is 0.335. The SMILES string of the molecule is CCOC(=O)c1ccc(OCc2cccnc2)c(OCC)c1. The predicted molar refractivity (Wildman–Crippen MR) is 82.1 cm³/mol. The molecule has 0 aliphatic carbocycles. The van der Waals surface area contributed by atoms with Crippen LogP contribution in [0, 0.1) is 0 Å². The number of ether oxygens (including phenoxy) is 3. The number of benzene rings is 1. The van der Waals surface area contributed by atoms with Crippen molar-refractivity contribution >= 4 is 5.97 Å². The molecular weight excluding hydrogens is 282 g/mol. The van der Waals surface area contributed by atoms with E-state index in [0.29, 0.717) is 36.9 Å². The van der Waals surface area contributed by atoms with E-state index in [2.05, 4.69) is 4.98 Å². The number of hydrogen-bond donors (Lipinski definition) is 0. The third-order valence-electron chi connectivity index (χ3n) is 2.87. The third kappa shape index (κ3) is 4.22. The Hall–Kier alpha value is -2.56. The summed E-state index contributed by atoms with van der Waals surface area (Å²) < 4.78 is 16.3. The summed E-state index contributed by atoms with van der Waals surface area (Å²) in [4.78, 5) is 15.8. The maximum absolute atomic E-state index is 11.8. The van der Waals surface area contributed by atoms with E-state index in [1.807, 2.05) is 19.1 Å². The summed E-state index contributed by atoms with van der Waals surface area (Å²) in [5, 5.41) is 0. The molecule has 22 heavy (non-hydrogen) atoms. The number of esters is 1. The zero-order chi connectivity index (χ0) is 15.8. The van der Waals surface area contributed by atoms with Crippen molar-refractivity contribution in [3.8, 4) is 11.5 Å². The molecule has 2 rings (SSSR count). The summed E-state index contributed by atoms with van der Waals surface area (Å²) in [6.07, 6.45) is 3.45. The smallest absolute Gasteiger partial charge is 0.338 e. The second-order valence-corrected chi connectivity index (χ2v) is 4.46. The number of hydrogen-bond acceptors (Lipinski definition) is 5. The first-order chi connectivity index (χ1) is 10.7. The Balaban J connectivity index is 2.14. The molecule has 1 aromatic carbocycles. The summed E-state index contributed by atoms with van der Waals surface area (Å²) in [6.45, 7) is 4.85. The van der Waals surface area contributed by atoms with Crippen LogP contribution in [0.15, 0.2) is 42.7 Å². The average Bonchev–Trinajstić information content (AvgIpc) is 2.55. The van der Waals surface area contributed by atoms with Crippen LogP contribution in [0.4, 0.5) is 0 Å². The van der Waals surface area contributed by atoms with Crippen LogP contribution in [0.5, 0.6) is 11.5 Å². The third-order valence-corrected chi connectivity index (χ3v) is 2.87. The van der Waals surface area contributed by atoms with Crippen LogP contribution in [0.3, 0.4) is 0 Å². The molecule has 0 bridgehead atoms. The van der Waals surface area contributed by atoms with Gasteiger partial charge in [-0.05, 0) is 38.1 Å². The van der Waals surface area contributed by atoms with E-state index in [1.165, 1.54) is 0 Å². The minimum atomic E-state index is -0.373. The lowest BCUT2D eigenvalue weighted by atomic mass is 10.2. The fourth-order valence-corrected chi connectivity index (χ4v) is 1.88. The van der Waals surface area contributed by atoms with Gasteiger partial charge in [-0.3, -0.25) is 4.98 Å². The number of aromatic nitrogens is 1. The van der Waals surface area contributed by atoms with Gasteiger partial charge < -0.3 is 14.2 Å². The molecule has 0 fully saturated rings. The summed E-state index contributed by atoms with van der Waals surface area (Å²) >= 11 is 0. The van der Waals surface area contributed by atoms with Gasteiger partial charge in [0.1, 0.15) is 6.61 Å². The van der Waals surface area contributed by atoms with Crippen molar-refractivity contribution in [1.82, 2.24) is 4.98 Å². The highest BCUT2D eigenvalue weighted by molar-refractivity contribution is 5.90. The highest BCUT2D eigenvalue weighted by atomic mass is 16.5. The van der Waals surface area contributed by atoms with Crippen LogP contribution in [-0.2, 0) is 11.3 Å². The lowest BCUT2D eigenvalue weighted by molar-refractivity contribution is 0.0525. The van der Waals surface area contributed by atoms with E-state index in [9.17, 15) is 4.79 Å². The summed E-state index contributed by atoms with van der Waals surface area (Å²) in [5.74, 6) is 0.734. The van der Waals surface area contributed by atoms with Crippen LogP contribution in [-0.4, -0.2) is 24.2 Å². The molecule has 0 atom stereocenters. The van der Waals surface area contributed by atoms with Crippen molar-refractivity contribution in [2.45, 2.75) is 20.5 Å². The molecule has 1 aromatic heterocycles. The highest BCUT2D eigenvalue weighted by Gasteiger charge is 2.12. The van der Waals surface area contributed by atoms with Crippen molar-refractivity contribution in [1.29, 1.82) is 0 Å². The summed E-state index contributed by atoms with van der Waals surface area (Å²) in [5.41, 5.74) is 1.40. The lowest BCUT2D eigenvalue weighted by Gasteiger charge is -2.13. The van der Waals surface area contributed by atoms with Gasteiger partial charge in [-0.15, -0.1) is 0 Å². The lowest BCUT2D eigenvalue weighted by Crippen LogP contribution is -2.06. The predicted octanol–water partition coefficient (Wildman–Crippen LogP) is 3.24. The van der Waals surface area contributed by atoms with Gasteiger partial charge in [-0.2, -0.15) is 0 Å². The van der Waals surface area contributed by atoms with Gasteiger partial charge in [0.2, 0.25) is 0 Å². The molecule has 0 N–H and O–H groups in total. The Morgan fingerprint density at radius 3 is 2.64 bits per heavy atom. The fourth-order valence-electron chi connectivity index (χ4n) is 1.88. The van der Waals surface area contributed by atoms with Gasteiger partial charge in [0.25, 0.3) is 0 Å². The molecule has 116 valence electrons. The van der Waals surface area contributed by atoms with Gasteiger partial charge in [0.15, 0.2) is 11.5 Å². The Labute approximate surface area is 129 Å². The molecule has 0 aliphatic heterocycles. The molecule has 0 amide bonds. The molecular formula is C17H19NO4. The maximum Gasteiger partial charge on any atom is 0.338 e. The molecule has 0 saturated carbocycles. The van der Waals surface area contributed by atoms with Gasteiger partial charge in [0.05, 0.1) is 18.8 Å². The first-order valence-corrected chi connectivity index (χ1v) is 7.20. The normalized spacial score (nSPS) is 10.1. The quantitative estimate of drug-likeness (QED) is 0.735. The Morgan fingerprint density at radius 2 is 1.95 bits per heavy atom. The van der Waals surface area contributed by atoms with E-state index >= 15 is 0 Å². The minimum Gasteiger partial charge on any atom is -0.490 e. The molecule has 0 spiro atoms.